The number of amides is 1. The normalized spacial score (nSPS) is 20.5. The number of ether oxygens (including phenoxy) is 1. The van der Waals surface area contributed by atoms with E-state index in [1.807, 2.05) is 6.07 Å². The third kappa shape index (κ3) is 3.50. The average molecular weight is 211 g/mol. The smallest absolute Gasteiger partial charge is 0.239 e. The van der Waals surface area contributed by atoms with Crippen molar-refractivity contribution in [3.8, 4) is 6.07 Å². The molecular weight excluding hydrogens is 194 g/mol. The Morgan fingerprint density at radius 3 is 2.60 bits per heavy atom. The standard InChI is InChI=1S/C10H17N3O2/c1-8(7-11)12-9(2)10(14)13-3-5-15-6-4-13/h8-9,12H,3-6H2,1-2H3. The minimum absolute atomic E-state index is 0.0420. The highest BCUT2D eigenvalue weighted by molar-refractivity contribution is 5.81. The first kappa shape index (κ1) is 12.0. The molecule has 0 spiro atoms. The van der Waals surface area contributed by atoms with E-state index in [9.17, 15) is 4.79 Å². The van der Waals surface area contributed by atoms with Crippen LogP contribution < -0.4 is 5.32 Å². The lowest BCUT2D eigenvalue weighted by atomic mass is 10.2. The largest absolute Gasteiger partial charge is 0.378 e. The zero-order valence-corrected chi connectivity index (χ0v) is 9.19. The van der Waals surface area contributed by atoms with E-state index in [0.29, 0.717) is 26.3 Å². The van der Waals surface area contributed by atoms with Gasteiger partial charge in [0.1, 0.15) is 0 Å². The first-order valence-corrected chi connectivity index (χ1v) is 5.17. The Balaban J connectivity index is 2.41. The predicted molar refractivity (Wildman–Crippen MR) is 55.1 cm³/mol. The van der Waals surface area contributed by atoms with Crippen LogP contribution in [0.5, 0.6) is 0 Å². The summed E-state index contributed by atoms with van der Waals surface area (Å²) in [6.07, 6.45) is 0. The number of hydrogen-bond acceptors (Lipinski definition) is 4. The summed E-state index contributed by atoms with van der Waals surface area (Å²) >= 11 is 0. The monoisotopic (exact) mass is 211 g/mol. The molecule has 0 aromatic carbocycles. The first-order valence-electron chi connectivity index (χ1n) is 5.17. The molecule has 84 valence electrons. The molecule has 0 bridgehead atoms. The topological polar surface area (TPSA) is 65.4 Å². The minimum atomic E-state index is -0.308. The SMILES string of the molecule is CC(C#N)NC(C)C(=O)N1CCOCC1. The lowest BCUT2D eigenvalue weighted by molar-refractivity contribution is -0.137. The molecule has 1 aliphatic heterocycles. The Morgan fingerprint density at radius 1 is 1.47 bits per heavy atom. The second-order valence-corrected chi connectivity index (χ2v) is 3.68. The Kier molecular flexibility index (Phi) is 4.53. The number of nitriles is 1. The maximum absolute atomic E-state index is 11.8. The van der Waals surface area contributed by atoms with Gasteiger partial charge in [0.05, 0.1) is 31.4 Å². The summed E-state index contributed by atoms with van der Waals surface area (Å²) in [5.74, 6) is 0.0420. The van der Waals surface area contributed by atoms with Crippen molar-refractivity contribution in [1.82, 2.24) is 10.2 Å². The molecule has 2 unspecified atom stereocenters. The third-order valence-corrected chi connectivity index (χ3v) is 2.39. The summed E-state index contributed by atoms with van der Waals surface area (Å²) in [6.45, 7) is 6.02. The number of rotatable bonds is 3. The Hall–Kier alpha value is -1.12. The molecule has 15 heavy (non-hydrogen) atoms. The number of nitrogens with one attached hydrogen (secondary N) is 1. The summed E-state index contributed by atoms with van der Waals surface area (Å²) in [7, 11) is 0. The first-order chi connectivity index (χ1) is 7.15. The molecule has 5 nitrogen and oxygen atoms in total. The Labute approximate surface area is 90.0 Å². The summed E-state index contributed by atoms with van der Waals surface area (Å²) in [4.78, 5) is 13.6. The number of carbonyl (C=O) groups is 1. The van der Waals surface area contributed by atoms with Gasteiger partial charge in [-0.3, -0.25) is 10.1 Å². The van der Waals surface area contributed by atoms with Crippen LogP contribution in [0.2, 0.25) is 0 Å². The van der Waals surface area contributed by atoms with Gasteiger partial charge in [-0.2, -0.15) is 5.26 Å². The van der Waals surface area contributed by atoms with Crippen LogP contribution >= 0.6 is 0 Å². The molecule has 1 saturated heterocycles. The molecule has 5 heteroatoms. The molecule has 1 fully saturated rings. The van der Waals surface area contributed by atoms with Crippen LogP contribution in [-0.2, 0) is 9.53 Å². The van der Waals surface area contributed by atoms with Crippen LogP contribution in [0, 0.1) is 11.3 Å². The maximum atomic E-state index is 11.8. The fourth-order valence-corrected chi connectivity index (χ4v) is 1.54. The highest BCUT2D eigenvalue weighted by Crippen LogP contribution is 2.01. The molecule has 1 aliphatic rings. The van der Waals surface area contributed by atoms with Gasteiger partial charge in [0.2, 0.25) is 5.91 Å². The van der Waals surface area contributed by atoms with Crippen molar-refractivity contribution in [2.24, 2.45) is 0 Å². The summed E-state index contributed by atoms with van der Waals surface area (Å²) in [5, 5.41) is 11.6. The third-order valence-electron chi connectivity index (χ3n) is 2.39. The molecule has 2 atom stereocenters. The van der Waals surface area contributed by atoms with Crippen molar-refractivity contribution in [3.63, 3.8) is 0 Å². The van der Waals surface area contributed by atoms with E-state index in [0.717, 1.165) is 0 Å². The molecule has 0 radical (unpaired) electrons. The lowest BCUT2D eigenvalue weighted by Gasteiger charge is -2.29. The number of hydrogen-bond donors (Lipinski definition) is 1. The Morgan fingerprint density at radius 2 is 2.07 bits per heavy atom. The zero-order valence-electron chi connectivity index (χ0n) is 9.19. The zero-order chi connectivity index (χ0) is 11.3. The highest BCUT2D eigenvalue weighted by Gasteiger charge is 2.22. The number of morpholine rings is 1. The molecule has 1 amide bonds. The molecule has 0 aromatic heterocycles. The van der Waals surface area contributed by atoms with Gasteiger partial charge in [-0.1, -0.05) is 0 Å². The summed E-state index contributed by atoms with van der Waals surface area (Å²) in [6, 6.07) is 1.44. The highest BCUT2D eigenvalue weighted by atomic mass is 16.5. The van der Waals surface area contributed by atoms with Crippen molar-refractivity contribution in [2.75, 3.05) is 26.3 Å². The van der Waals surface area contributed by atoms with Gasteiger partial charge in [-0.05, 0) is 13.8 Å². The summed E-state index contributed by atoms with van der Waals surface area (Å²) in [5.41, 5.74) is 0. The van der Waals surface area contributed by atoms with Crippen LogP contribution in [0.1, 0.15) is 13.8 Å². The molecule has 0 saturated carbocycles. The fourth-order valence-electron chi connectivity index (χ4n) is 1.54. The van der Waals surface area contributed by atoms with E-state index in [1.165, 1.54) is 0 Å². The van der Waals surface area contributed by atoms with Crippen molar-refractivity contribution < 1.29 is 9.53 Å². The van der Waals surface area contributed by atoms with E-state index >= 15 is 0 Å². The molecular formula is C10H17N3O2. The van der Waals surface area contributed by atoms with Crippen LogP contribution in [0.15, 0.2) is 0 Å². The second kappa shape index (κ2) is 5.69. The van der Waals surface area contributed by atoms with Crippen LogP contribution in [0.4, 0.5) is 0 Å². The quantitative estimate of drug-likeness (QED) is 0.698. The maximum Gasteiger partial charge on any atom is 0.239 e. The van der Waals surface area contributed by atoms with Gasteiger partial charge >= 0.3 is 0 Å². The second-order valence-electron chi connectivity index (χ2n) is 3.68. The number of carbonyl (C=O) groups excluding carboxylic acids is 1. The minimum Gasteiger partial charge on any atom is -0.378 e. The van der Waals surface area contributed by atoms with Crippen molar-refractivity contribution >= 4 is 5.91 Å². The average Bonchev–Trinajstić information content (AvgIpc) is 2.29. The number of nitrogens with zero attached hydrogens (tertiary/aromatic N) is 2. The predicted octanol–water partition coefficient (Wildman–Crippen LogP) is -0.265. The van der Waals surface area contributed by atoms with E-state index in [1.54, 1.807) is 18.7 Å². The van der Waals surface area contributed by atoms with E-state index < -0.39 is 0 Å². The van der Waals surface area contributed by atoms with Gasteiger partial charge in [-0.25, -0.2) is 0 Å². The van der Waals surface area contributed by atoms with Crippen LogP contribution in [0.25, 0.3) is 0 Å². The Bertz CT molecular complexity index is 256. The molecule has 0 aliphatic carbocycles. The van der Waals surface area contributed by atoms with E-state index in [-0.39, 0.29) is 18.0 Å². The van der Waals surface area contributed by atoms with Crippen molar-refractivity contribution in [1.29, 1.82) is 5.26 Å². The van der Waals surface area contributed by atoms with Crippen LogP contribution in [0.3, 0.4) is 0 Å². The molecule has 1 N–H and O–H groups in total. The van der Waals surface area contributed by atoms with Crippen molar-refractivity contribution in [3.05, 3.63) is 0 Å². The lowest BCUT2D eigenvalue weighted by Crippen LogP contribution is -2.50. The fraction of sp³-hybridized carbons (Fsp3) is 0.800. The summed E-state index contributed by atoms with van der Waals surface area (Å²) < 4.78 is 5.17. The van der Waals surface area contributed by atoms with Gasteiger partial charge in [0.25, 0.3) is 0 Å². The molecule has 0 aromatic rings. The molecule has 1 rings (SSSR count). The van der Waals surface area contributed by atoms with Gasteiger partial charge in [0, 0.05) is 13.1 Å². The van der Waals surface area contributed by atoms with Gasteiger partial charge in [-0.15, -0.1) is 0 Å². The van der Waals surface area contributed by atoms with Crippen molar-refractivity contribution in [2.45, 2.75) is 25.9 Å². The van der Waals surface area contributed by atoms with Crippen LogP contribution in [-0.4, -0.2) is 49.2 Å². The van der Waals surface area contributed by atoms with Gasteiger partial charge < -0.3 is 9.64 Å². The van der Waals surface area contributed by atoms with E-state index in [4.69, 9.17) is 10.00 Å². The van der Waals surface area contributed by atoms with Gasteiger partial charge in [0.15, 0.2) is 0 Å². The molecule has 1 heterocycles. The van der Waals surface area contributed by atoms with E-state index in [2.05, 4.69) is 5.32 Å².